The summed E-state index contributed by atoms with van der Waals surface area (Å²) in [5, 5.41) is 0. The fourth-order valence-corrected chi connectivity index (χ4v) is 2.21. The first-order chi connectivity index (χ1) is 6.38. The zero-order valence-corrected chi connectivity index (χ0v) is 9.14. The zero-order valence-electron chi connectivity index (χ0n) is 7.50. The minimum absolute atomic E-state index is 0.431. The first kappa shape index (κ1) is 11.4. The van der Waals surface area contributed by atoms with Gasteiger partial charge in [0.2, 0.25) is 0 Å². The van der Waals surface area contributed by atoms with E-state index >= 15 is 0 Å². The molecule has 0 heterocycles. The van der Waals surface area contributed by atoms with Gasteiger partial charge in [0.25, 0.3) is 10.1 Å². The van der Waals surface area contributed by atoms with Gasteiger partial charge in [-0.25, -0.2) is 0 Å². The Balaban J connectivity index is 3.01. The van der Waals surface area contributed by atoms with Crippen molar-refractivity contribution in [1.29, 1.82) is 0 Å². The van der Waals surface area contributed by atoms with Crippen molar-refractivity contribution in [2.24, 2.45) is 0 Å². The Morgan fingerprint density at radius 1 is 1.43 bits per heavy atom. The summed E-state index contributed by atoms with van der Waals surface area (Å²) in [6.07, 6.45) is 1.51. The van der Waals surface area contributed by atoms with Crippen LogP contribution in [0.5, 0.6) is 0 Å². The third-order valence-corrected chi connectivity index (χ3v) is 3.20. The molecule has 0 amide bonds. The molecule has 0 aliphatic carbocycles. The van der Waals surface area contributed by atoms with Crippen molar-refractivity contribution in [2.75, 3.05) is 6.26 Å². The first-order valence-electron chi connectivity index (χ1n) is 3.76. The van der Waals surface area contributed by atoms with Crippen LogP contribution in [0.1, 0.15) is 5.56 Å². The summed E-state index contributed by atoms with van der Waals surface area (Å²) in [6.45, 7) is 0. The van der Waals surface area contributed by atoms with E-state index in [-0.39, 0.29) is 0 Å². The van der Waals surface area contributed by atoms with E-state index in [0.717, 1.165) is 0 Å². The zero-order chi connectivity index (χ0) is 10.8. The predicted molar refractivity (Wildman–Crippen MR) is 54.0 cm³/mol. The van der Waals surface area contributed by atoms with Crippen LogP contribution < -0.4 is 0 Å². The molecule has 0 saturated heterocycles. The van der Waals surface area contributed by atoms with Gasteiger partial charge in [-0.1, -0.05) is 12.1 Å². The van der Waals surface area contributed by atoms with Crippen LogP contribution in [-0.2, 0) is 26.7 Å². The molecular formula is C8H10O4S2. The van der Waals surface area contributed by atoms with Crippen molar-refractivity contribution >= 4 is 20.9 Å². The molecule has 1 aromatic carbocycles. The fourth-order valence-electron chi connectivity index (χ4n) is 1.02. The Morgan fingerprint density at radius 2 is 2.07 bits per heavy atom. The second kappa shape index (κ2) is 4.20. The summed E-state index contributed by atoms with van der Waals surface area (Å²) in [5.41, 5.74) is 0.431. The Morgan fingerprint density at radius 3 is 2.57 bits per heavy atom. The molecule has 1 aromatic rings. The molecule has 0 fully saturated rings. The lowest BCUT2D eigenvalue weighted by Gasteiger charge is -2.00. The molecule has 0 aliphatic heterocycles. The first-order valence-corrected chi connectivity index (χ1v) is 6.93. The van der Waals surface area contributed by atoms with Crippen LogP contribution in [0, 0.1) is 0 Å². The van der Waals surface area contributed by atoms with E-state index in [1.54, 1.807) is 18.2 Å². The van der Waals surface area contributed by atoms with Gasteiger partial charge in [0.1, 0.15) is 5.75 Å². The molecule has 0 spiro atoms. The largest absolute Gasteiger partial charge is 0.285 e. The van der Waals surface area contributed by atoms with Gasteiger partial charge in [0, 0.05) is 22.0 Å². The van der Waals surface area contributed by atoms with Crippen molar-refractivity contribution < 1.29 is 17.2 Å². The minimum atomic E-state index is -4.02. The molecule has 6 heteroatoms. The second-order valence-corrected chi connectivity index (χ2v) is 5.66. The molecule has 1 rings (SSSR count). The van der Waals surface area contributed by atoms with Crippen molar-refractivity contribution in [1.82, 2.24) is 0 Å². The summed E-state index contributed by atoms with van der Waals surface area (Å²) in [7, 11) is -5.16. The molecule has 0 aromatic heterocycles. The van der Waals surface area contributed by atoms with Crippen molar-refractivity contribution in [2.45, 2.75) is 10.6 Å². The van der Waals surface area contributed by atoms with E-state index in [2.05, 4.69) is 0 Å². The standard InChI is InChI=1S/C8H10O4S2/c1-13(9)8-4-2-3-7(5-8)6-14(10,11)12/h2-5H,6H2,1H3,(H,10,11,12)/t13-/m0/s1. The number of hydrogen-bond acceptors (Lipinski definition) is 3. The number of rotatable bonds is 3. The van der Waals surface area contributed by atoms with Gasteiger partial charge in [-0.2, -0.15) is 8.42 Å². The summed E-state index contributed by atoms with van der Waals surface area (Å²) in [4.78, 5) is 0.547. The van der Waals surface area contributed by atoms with Crippen LogP contribution in [0.3, 0.4) is 0 Å². The Bertz CT molecular complexity index is 450. The van der Waals surface area contributed by atoms with E-state index in [9.17, 15) is 12.6 Å². The predicted octanol–water partition coefficient (Wildman–Crippen LogP) is 0.812. The van der Waals surface area contributed by atoms with Crippen molar-refractivity contribution in [3.05, 3.63) is 29.8 Å². The lowest BCUT2D eigenvalue weighted by atomic mass is 10.2. The molecule has 1 N–H and O–H groups in total. The normalized spacial score (nSPS) is 13.9. The van der Waals surface area contributed by atoms with Crippen LogP contribution in [0.2, 0.25) is 0 Å². The quantitative estimate of drug-likeness (QED) is 0.786. The lowest BCUT2D eigenvalue weighted by molar-refractivity contribution is 0.482. The maximum atomic E-state index is 11.1. The molecule has 14 heavy (non-hydrogen) atoms. The maximum absolute atomic E-state index is 11.1. The van der Waals surface area contributed by atoms with E-state index in [1.807, 2.05) is 0 Å². The molecule has 0 bridgehead atoms. The average molecular weight is 234 g/mol. The second-order valence-electron chi connectivity index (χ2n) is 2.83. The average Bonchev–Trinajstić information content (AvgIpc) is 2.01. The van der Waals surface area contributed by atoms with Gasteiger partial charge >= 0.3 is 0 Å². The van der Waals surface area contributed by atoms with Gasteiger partial charge in [-0.3, -0.25) is 8.76 Å². The van der Waals surface area contributed by atoms with E-state index in [0.29, 0.717) is 10.5 Å². The highest BCUT2D eigenvalue weighted by Gasteiger charge is 2.07. The topological polar surface area (TPSA) is 71.4 Å². The van der Waals surface area contributed by atoms with Crippen LogP contribution in [-0.4, -0.2) is 23.4 Å². The molecule has 78 valence electrons. The highest BCUT2D eigenvalue weighted by Crippen LogP contribution is 2.10. The summed E-state index contributed by atoms with van der Waals surface area (Å²) in [6, 6.07) is 6.31. The minimum Gasteiger partial charge on any atom is -0.285 e. The highest BCUT2D eigenvalue weighted by atomic mass is 32.2. The summed E-state index contributed by atoms with van der Waals surface area (Å²) in [5.74, 6) is -0.446. The smallest absolute Gasteiger partial charge is 0.269 e. The Labute approximate surface area is 85.2 Å². The molecule has 1 atom stereocenters. The SMILES string of the molecule is C[S@](=O)c1cccc(CS(=O)(=O)O)c1. The third-order valence-electron chi connectivity index (χ3n) is 1.58. The highest BCUT2D eigenvalue weighted by molar-refractivity contribution is 7.85. The summed E-state index contributed by atoms with van der Waals surface area (Å²) >= 11 is 0. The van der Waals surface area contributed by atoms with E-state index in [1.165, 1.54) is 12.3 Å². The van der Waals surface area contributed by atoms with Crippen LogP contribution in [0.25, 0.3) is 0 Å². The van der Waals surface area contributed by atoms with Crippen molar-refractivity contribution in [3.8, 4) is 0 Å². The molecule has 0 radical (unpaired) electrons. The van der Waals surface area contributed by atoms with Crippen LogP contribution >= 0.6 is 0 Å². The van der Waals surface area contributed by atoms with Gasteiger partial charge in [-0.15, -0.1) is 0 Å². The monoisotopic (exact) mass is 234 g/mol. The lowest BCUT2D eigenvalue weighted by Crippen LogP contribution is -2.02. The summed E-state index contributed by atoms with van der Waals surface area (Å²) < 4.78 is 40.8. The molecule has 4 nitrogen and oxygen atoms in total. The van der Waals surface area contributed by atoms with Crippen LogP contribution in [0.15, 0.2) is 29.2 Å². The fraction of sp³-hybridized carbons (Fsp3) is 0.250. The van der Waals surface area contributed by atoms with E-state index < -0.39 is 26.7 Å². The van der Waals surface area contributed by atoms with Gasteiger partial charge in [0.15, 0.2) is 0 Å². The van der Waals surface area contributed by atoms with Crippen LogP contribution in [0.4, 0.5) is 0 Å². The van der Waals surface area contributed by atoms with Gasteiger partial charge < -0.3 is 0 Å². The Hall–Kier alpha value is -0.720. The molecule has 0 unspecified atom stereocenters. The third kappa shape index (κ3) is 3.57. The van der Waals surface area contributed by atoms with Gasteiger partial charge in [-0.05, 0) is 17.7 Å². The molecule has 0 aliphatic rings. The molecular weight excluding hydrogens is 224 g/mol. The maximum Gasteiger partial charge on any atom is 0.269 e. The number of benzene rings is 1. The Kier molecular flexibility index (Phi) is 3.41. The van der Waals surface area contributed by atoms with E-state index in [4.69, 9.17) is 4.55 Å². The number of hydrogen-bond donors (Lipinski definition) is 1. The van der Waals surface area contributed by atoms with Crippen molar-refractivity contribution in [3.63, 3.8) is 0 Å². The molecule has 0 saturated carbocycles. The van der Waals surface area contributed by atoms with Gasteiger partial charge in [0.05, 0.1) is 0 Å².